The Balaban J connectivity index is 1.91. The molecule has 2 aromatic heterocycles. The van der Waals surface area contributed by atoms with Gasteiger partial charge in [-0.25, -0.2) is 9.50 Å². The Morgan fingerprint density at radius 1 is 1.45 bits per heavy atom. The van der Waals surface area contributed by atoms with Crippen LogP contribution in [0.3, 0.4) is 0 Å². The summed E-state index contributed by atoms with van der Waals surface area (Å²) in [6.45, 7) is 2.54. The Labute approximate surface area is 128 Å². The maximum Gasteiger partial charge on any atom is 0.259 e. The summed E-state index contributed by atoms with van der Waals surface area (Å²) in [6.07, 6.45) is 5.83. The molecule has 22 heavy (non-hydrogen) atoms. The van der Waals surface area contributed by atoms with Gasteiger partial charge >= 0.3 is 0 Å². The number of rotatable bonds is 2. The predicted molar refractivity (Wildman–Crippen MR) is 80.5 cm³/mol. The fourth-order valence-corrected chi connectivity index (χ4v) is 2.73. The third-order valence-corrected chi connectivity index (χ3v) is 4.03. The fraction of sp³-hybridized carbons (Fsp3) is 0.467. The molecular formula is C15H19N5O2. The predicted octanol–water partition coefficient (Wildman–Crippen LogP) is 0.778. The molecule has 0 radical (unpaired) electrons. The molecule has 1 unspecified atom stereocenters. The highest BCUT2D eigenvalue weighted by atomic mass is 16.2. The van der Waals surface area contributed by atoms with Crippen LogP contribution in [0.25, 0.3) is 5.65 Å². The smallest absolute Gasteiger partial charge is 0.259 e. The minimum atomic E-state index is -0.435. The molecule has 1 fully saturated rings. The lowest BCUT2D eigenvalue weighted by atomic mass is 10.1. The van der Waals surface area contributed by atoms with Gasteiger partial charge in [0.25, 0.3) is 5.91 Å². The van der Waals surface area contributed by atoms with E-state index < -0.39 is 6.04 Å². The molecule has 3 rings (SSSR count). The average Bonchev–Trinajstić information content (AvgIpc) is 2.79. The van der Waals surface area contributed by atoms with Crippen molar-refractivity contribution in [2.24, 2.45) is 0 Å². The average molecular weight is 301 g/mol. The Bertz CT molecular complexity index is 724. The molecular weight excluding hydrogens is 282 g/mol. The molecule has 1 saturated heterocycles. The molecule has 0 aromatic carbocycles. The van der Waals surface area contributed by atoms with Gasteiger partial charge in [-0.1, -0.05) is 0 Å². The second kappa shape index (κ2) is 5.75. The molecule has 7 heteroatoms. The largest absolute Gasteiger partial charge is 0.354 e. The van der Waals surface area contributed by atoms with Gasteiger partial charge in [0.15, 0.2) is 5.65 Å². The van der Waals surface area contributed by atoms with Gasteiger partial charge in [-0.05, 0) is 32.3 Å². The number of nitrogens with zero attached hydrogens (tertiary/aromatic N) is 4. The minimum Gasteiger partial charge on any atom is -0.354 e. The molecule has 1 aliphatic rings. The molecule has 116 valence electrons. The zero-order valence-electron chi connectivity index (χ0n) is 12.7. The summed E-state index contributed by atoms with van der Waals surface area (Å²) in [5.41, 5.74) is 1.76. The number of fused-ring (bicyclic) bond motifs is 1. The van der Waals surface area contributed by atoms with Crippen LogP contribution in [0.2, 0.25) is 0 Å². The van der Waals surface area contributed by atoms with Gasteiger partial charge in [0, 0.05) is 25.5 Å². The lowest BCUT2D eigenvalue weighted by Gasteiger charge is -2.25. The number of likely N-dealkylation sites (N-methyl/N-ethyl adjacent to an activating group) is 1. The molecule has 0 saturated carbocycles. The van der Waals surface area contributed by atoms with Crippen molar-refractivity contribution in [3.05, 3.63) is 29.7 Å². The maximum atomic E-state index is 12.7. The first kappa shape index (κ1) is 14.5. The highest BCUT2D eigenvalue weighted by Gasteiger charge is 2.30. The van der Waals surface area contributed by atoms with Crippen LogP contribution in [0.5, 0.6) is 0 Å². The maximum absolute atomic E-state index is 12.7. The Morgan fingerprint density at radius 2 is 2.27 bits per heavy atom. The van der Waals surface area contributed by atoms with Crippen LogP contribution in [0.4, 0.5) is 0 Å². The lowest BCUT2D eigenvalue weighted by molar-refractivity contribution is -0.125. The second-order valence-electron chi connectivity index (χ2n) is 5.61. The molecule has 7 nitrogen and oxygen atoms in total. The number of carbonyl (C=O) groups excluding carboxylic acids is 2. The standard InChI is InChI=1S/C15H19N5O2/c1-10-6-8-20-13(18-10)11(9-17-20)15(22)19(2)12-5-3-4-7-16-14(12)21/h6,8-9,12H,3-5,7H2,1-2H3,(H,16,21). The Hall–Kier alpha value is -2.44. The van der Waals surface area contributed by atoms with Crippen molar-refractivity contribution in [3.63, 3.8) is 0 Å². The Kier molecular flexibility index (Phi) is 3.79. The molecule has 2 aromatic rings. The van der Waals surface area contributed by atoms with Crippen LogP contribution in [0, 0.1) is 6.92 Å². The minimum absolute atomic E-state index is 0.0889. The molecule has 2 amide bonds. The van der Waals surface area contributed by atoms with Gasteiger partial charge in [-0.3, -0.25) is 9.59 Å². The third kappa shape index (κ3) is 2.54. The number of carbonyl (C=O) groups is 2. The molecule has 1 aliphatic heterocycles. The van der Waals surface area contributed by atoms with E-state index in [9.17, 15) is 9.59 Å². The van der Waals surface area contributed by atoms with Crippen molar-refractivity contribution in [2.75, 3.05) is 13.6 Å². The topological polar surface area (TPSA) is 79.6 Å². The van der Waals surface area contributed by atoms with Gasteiger partial charge in [-0.15, -0.1) is 0 Å². The van der Waals surface area contributed by atoms with Crippen LogP contribution < -0.4 is 5.32 Å². The number of hydrogen-bond donors (Lipinski definition) is 1. The number of hydrogen-bond acceptors (Lipinski definition) is 4. The summed E-state index contributed by atoms with van der Waals surface area (Å²) in [5.74, 6) is -0.316. The third-order valence-electron chi connectivity index (χ3n) is 4.03. The van der Waals surface area contributed by atoms with E-state index in [0.29, 0.717) is 24.2 Å². The van der Waals surface area contributed by atoms with E-state index in [1.807, 2.05) is 13.0 Å². The van der Waals surface area contributed by atoms with E-state index in [-0.39, 0.29) is 11.8 Å². The summed E-state index contributed by atoms with van der Waals surface area (Å²) in [7, 11) is 1.66. The van der Waals surface area contributed by atoms with Crippen LogP contribution in [0.1, 0.15) is 35.3 Å². The van der Waals surface area contributed by atoms with Crippen LogP contribution >= 0.6 is 0 Å². The summed E-state index contributed by atoms with van der Waals surface area (Å²) in [4.78, 5) is 30.7. The van der Waals surface area contributed by atoms with Crippen LogP contribution in [0.15, 0.2) is 18.5 Å². The summed E-state index contributed by atoms with van der Waals surface area (Å²) >= 11 is 0. The van der Waals surface area contributed by atoms with Gasteiger partial charge in [0.05, 0.1) is 6.20 Å². The van der Waals surface area contributed by atoms with Crippen molar-refractivity contribution in [1.82, 2.24) is 24.8 Å². The second-order valence-corrected chi connectivity index (χ2v) is 5.61. The molecule has 0 aliphatic carbocycles. The van der Waals surface area contributed by atoms with E-state index >= 15 is 0 Å². The van der Waals surface area contributed by atoms with Crippen LogP contribution in [-0.4, -0.2) is 50.9 Å². The molecule has 3 heterocycles. The lowest BCUT2D eigenvalue weighted by Crippen LogP contribution is -2.46. The van der Waals surface area contributed by atoms with Gasteiger partial charge in [0.1, 0.15) is 11.6 Å². The van der Waals surface area contributed by atoms with Gasteiger partial charge in [-0.2, -0.15) is 5.10 Å². The number of nitrogens with one attached hydrogen (secondary N) is 1. The van der Waals surface area contributed by atoms with Crippen molar-refractivity contribution >= 4 is 17.5 Å². The monoisotopic (exact) mass is 301 g/mol. The van der Waals surface area contributed by atoms with Gasteiger partial charge < -0.3 is 10.2 Å². The highest BCUT2D eigenvalue weighted by molar-refractivity contribution is 6.01. The highest BCUT2D eigenvalue weighted by Crippen LogP contribution is 2.16. The van der Waals surface area contributed by atoms with E-state index in [0.717, 1.165) is 18.5 Å². The van der Waals surface area contributed by atoms with E-state index in [4.69, 9.17) is 0 Å². The molecule has 0 bridgehead atoms. The summed E-state index contributed by atoms with van der Waals surface area (Å²) < 4.78 is 1.57. The SMILES string of the molecule is Cc1ccn2ncc(C(=O)N(C)C3CCCCNC3=O)c2n1. The quantitative estimate of drug-likeness (QED) is 0.889. The molecule has 1 N–H and O–H groups in total. The van der Waals surface area contributed by atoms with Crippen LogP contribution in [-0.2, 0) is 4.79 Å². The Morgan fingerprint density at radius 3 is 3.09 bits per heavy atom. The number of amides is 2. The van der Waals surface area contributed by atoms with Crippen molar-refractivity contribution in [2.45, 2.75) is 32.2 Å². The van der Waals surface area contributed by atoms with E-state index in [1.165, 1.54) is 11.1 Å². The van der Waals surface area contributed by atoms with Gasteiger partial charge in [0.2, 0.25) is 5.91 Å². The number of aryl methyl sites for hydroxylation is 1. The van der Waals surface area contributed by atoms with Crippen molar-refractivity contribution < 1.29 is 9.59 Å². The summed E-state index contributed by atoms with van der Waals surface area (Å²) in [6, 6.07) is 1.39. The first-order valence-corrected chi connectivity index (χ1v) is 7.44. The zero-order chi connectivity index (χ0) is 15.7. The van der Waals surface area contributed by atoms with Crippen molar-refractivity contribution in [3.8, 4) is 0 Å². The summed E-state index contributed by atoms with van der Waals surface area (Å²) in [5, 5.41) is 7.00. The fourth-order valence-electron chi connectivity index (χ4n) is 2.73. The normalized spacial score (nSPS) is 18.8. The first-order valence-electron chi connectivity index (χ1n) is 7.44. The zero-order valence-corrected chi connectivity index (χ0v) is 12.7. The molecule has 0 spiro atoms. The first-order chi connectivity index (χ1) is 10.6. The molecule has 1 atom stereocenters. The number of aromatic nitrogens is 3. The van der Waals surface area contributed by atoms with E-state index in [1.54, 1.807) is 17.8 Å². The van der Waals surface area contributed by atoms with Crippen molar-refractivity contribution in [1.29, 1.82) is 0 Å². The van der Waals surface area contributed by atoms with E-state index in [2.05, 4.69) is 15.4 Å².